The van der Waals surface area contributed by atoms with Gasteiger partial charge in [0.05, 0.1) is 16.8 Å². The Morgan fingerprint density at radius 3 is 2.73 bits per heavy atom. The summed E-state index contributed by atoms with van der Waals surface area (Å²) >= 11 is 1.29. The fourth-order valence-corrected chi connectivity index (χ4v) is 2.40. The van der Waals surface area contributed by atoms with Crippen molar-refractivity contribution in [2.75, 3.05) is 5.32 Å². The summed E-state index contributed by atoms with van der Waals surface area (Å²) in [5.41, 5.74) is 0.165. The Hall–Kier alpha value is -2.16. The molecule has 0 saturated carbocycles. The first-order valence-corrected chi connectivity index (χ1v) is 7.17. The van der Waals surface area contributed by atoms with Gasteiger partial charge >= 0.3 is 6.18 Å². The molecule has 0 unspecified atom stereocenters. The first-order chi connectivity index (χ1) is 10.3. The summed E-state index contributed by atoms with van der Waals surface area (Å²) in [7, 11) is 0. The number of thiophene rings is 1. The third-order valence-electron chi connectivity index (χ3n) is 2.63. The molecule has 9 heteroatoms. The van der Waals surface area contributed by atoms with Crippen molar-refractivity contribution in [3.05, 3.63) is 34.8 Å². The van der Waals surface area contributed by atoms with Gasteiger partial charge in [0.15, 0.2) is 5.78 Å². The molecule has 0 aliphatic rings. The van der Waals surface area contributed by atoms with E-state index in [2.05, 4.69) is 10.4 Å². The average molecular weight is 331 g/mol. The predicted molar refractivity (Wildman–Crippen MR) is 74.8 cm³/mol. The van der Waals surface area contributed by atoms with Crippen LogP contribution in [0.25, 0.3) is 0 Å². The van der Waals surface area contributed by atoms with E-state index in [9.17, 15) is 22.8 Å². The Labute approximate surface area is 127 Å². The van der Waals surface area contributed by atoms with Crippen molar-refractivity contribution >= 4 is 28.7 Å². The van der Waals surface area contributed by atoms with E-state index in [0.29, 0.717) is 9.56 Å². The summed E-state index contributed by atoms with van der Waals surface area (Å²) in [5.74, 6) is -0.589. The number of carbonyl (C=O) groups is 2. The lowest BCUT2D eigenvalue weighted by atomic mass is 10.2. The van der Waals surface area contributed by atoms with E-state index in [-0.39, 0.29) is 24.3 Å². The van der Waals surface area contributed by atoms with E-state index in [0.717, 1.165) is 12.4 Å². The Morgan fingerprint density at radius 1 is 1.32 bits per heavy atom. The quantitative estimate of drug-likeness (QED) is 0.827. The van der Waals surface area contributed by atoms with Gasteiger partial charge in [-0.05, 0) is 11.4 Å². The zero-order valence-corrected chi connectivity index (χ0v) is 12.1. The number of halogens is 3. The Balaban J connectivity index is 1.81. The Bertz CT molecular complexity index is 650. The molecule has 0 spiro atoms. The van der Waals surface area contributed by atoms with Crippen LogP contribution in [0.2, 0.25) is 0 Å². The molecule has 1 N–H and O–H groups in total. The van der Waals surface area contributed by atoms with Crippen LogP contribution in [0.15, 0.2) is 29.9 Å². The molecule has 118 valence electrons. The molecule has 0 aliphatic carbocycles. The minimum Gasteiger partial charge on any atom is -0.323 e. The van der Waals surface area contributed by atoms with Gasteiger partial charge in [0.2, 0.25) is 5.91 Å². The van der Waals surface area contributed by atoms with Crippen molar-refractivity contribution in [1.29, 1.82) is 0 Å². The van der Waals surface area contributed by atoms with Crippen LogP contribution in [-0.4, -0.2) is 27.6 Å². The van der Waals surface area contributed by atoms with Crippen LogP contribution in [0.5, 0.6) is 0 Å². The fraction of sp³-hybridized carbons (Fsp3) is 0.308. The monoisotopic (exact) mass is 331 g/mol. The predicted octanol–water partition coefficient (Wildman–Crippen LogP) is 3.11. The van der Waals surface area contributed by atoms with Gasteiger partial charge in [-0.1, -0.05) is 6.07 Å². The van der Waals surface area contributed by atoms with Gasteiger partial charge in [0.1, 0.15) is 6.54 Å². The molecule has 0 fully saturated rings. The van der Waals surface area contributed by atoms with Gasteiger partial charge in [0, 0.05) is 19.0 Å². The van der Waals surface area contributed by atoms with Crippen LogP contribution in [0.1, 0.15) is 22.5 Å². The highest BCUT2D eigenvalue weighted by Gasteiger charge is 2.28. The normalized spacial score (nSPS) is 11.4. The maximum absolute atomic E-state index is 12.2. The van der Waals surface area contributed by atoms with E-state index in [1.165, 1.54) is 11.3 Å². The lowest BCUT2D eigenvalue weighted by Crippen LogP contribution is -2.18. The van der Waals surface area contributed by atoms with Crippen LogP contribution < -0.4 is 5.32 Å². The van der Waals surface area contributed by atoms with Gasteiger partial charge in [-0.2, -0.15) is 18.3 Å². The topological polar surface area (TPSA) is 64.0 Å². The van der Waals surface area contributed by atoms with E-state index in [1.54, 1.807) is 17.5 Å². The van der Waals surface area contributed by atoms with Crippen molar-refractivity contribution in [3.63, 3.8) is 0 Å². The molecule has 2 aromatic heterocycles. The van der Waals surface area contributed by atoms with Crippen LogP contribution >= 0.6 is 11.3 Å². The fourth-order valence-electron chi connectivity index (χ4n) is 1.71. The first kappa shape index (κ1) is 16.2. The number of ketones is 1. The molecule has 1 amide bonds. The molecular formula is C13H12F3N3O2S. The smallest absolute Gasteiger partial charge is 0.323 e. The SMILES string of the molecule is O=C(CCC(=O)c1cccs1)Nc1cnn(CC(F)(F)F)c1. The lowest BCUT2D eigenvalue weighted by Gasteiger charge is -2.05. The molecule has 0 aliphatic heterocycles. The number of nitrogens with one attached hydrogen (secondary N) is 1. The summed E-state index contributed by atoms with van der Waals surface area (Å²) in [6.45, 7) is -1.22. The number of aromatic nitrogens is 2. The van der Waals surface area contributed by atoms with E-state index >= 15 is 0 Å². The molecule has 0 saturated heterocycles. The van der Waals surface area contributed by atoms with Crippen LogP contribution in [0, 0.1) is 0 Å². The van der Waals surface area contributed by atoms with Crippen LogP contribution in [-0.2, 0) is 11.3 Å². The van der Waals surface area contributed by atoms with Crippen molar-refractivity contribution in [1.82, 2.24) is 9.78 Å². The molecule has 5 nitrogen and oxygen atoms in total. The lowest BCUT2D eigenvalue weighted by molar-refractivity contribution is -0.142. The summed E-state index contributed by atoms with van der Waals surface area (Å²) in [6, 6.07) is 3.42. The summed E-state index contributed by atoms with van der Waals surface area (Å²) < 4.78 is 37.2. The van der Waals surface area contributed by atoms with Crippen molar-refractivity contribution < 1.29 is 22.8 Å². The van der Waals surface area contributed by atoms with E-state index < -0.39 is 18.6 Å². The third kappa shape index (κ3) is 4.99. The second-order valence-corrected chi connectivity index (χ2v) is 5.44. The summed E-state index contributed by atoms with van der Waals surface area (Å²) in [6.07, 6.45) is -2.15. The van der Waals surface area contributed by atoms with Crippen molar-refractivity contribution in [2.45, 2.75) is 25.6 Å². The molecule has 0 bridgehead atoms. The average Bonchev–Trinajstić information content (AvgIpc) is 3.06. The molecule has 0 radical (unpaired) electrons. The van der Waals surface area contributed by atoms with Crippen molar-refractivity contribution in [3.8, 4) is 0 Å². The molecule has 2 heterocycles. The Kier molecular flexibility index (Phi) is 4.96. The number of hydrogen-bond acceptors (Lipinski definition) is 4. The number of rotatable bonds is 6. The number of anilines is 1. The second kappa shape index (κ2) is 6.73. The largest absolute Gasteiger partial charge is 0.408 e. The molecule has 0 atom stereocenters. The van der Waals surface area contributed by atoms with E-state index in [4.69, 9.17) is 0 Å². The number of nitrogens with zero attached hydrogens (tertiary/aromatic N) is 2. The molecule has 2 aromatic rings. The third-order valence-corrected chi connectivity index (χ3v) is 3.54. The van der Waals surface area contributed by atoms with Gasteiger partial charge in [-0.3, -0.25) is 14.3 Å². The summed E-state index contributed by atoms with van der Waals surface area (Å²) in [5, 5.41) is 7.68. The molecule has 0 aromatic carbocycles. The highest BCUT2D eigenvalue weighted by molar-refractivity contribution is 7.12. The molecule has 22 heavy (non-hydrogen) atoms. The number of carbonyl (C=O) groups excluding carboxylic acids is 2. The zero-order chi connectivity index (χ0) is 16.2. The maximum Gasteiger partial charge on any atom is 0.408 e. The van der Waals surface area contributed by atoms with Crippen LogP contribution in [0.3, 0.4) is 0 Å². The Morgan fingerprint density at radius 2 is 2.09 bits per heavy atom. The first-order valence-electron chi connectivity index (χ1n) is 6.29. The highest BCUT2D eigenvalue weighted by atomic mass is 32.1. The number of amides is 1. The van der Waals surface area contributed by atoms with Gasteiger partial charge in [-0.15, -0.1) is 11.3 Å². The van der Waals surface area contributed by atoms with Gasteiger partial charge in [0.25, 0.3) is 0 Å². The minimum atomic E-state index is -4.37. The van der Waals surface area contributed by atoms with Gasteiger partial charge < -0.3 is 5.32 Å². The standard InChI is InChI=1S/C13H12F3N3O2S/c14-13(15,16)8-19-7-9(6-17-19)18-12(21)4-3-10(20)11-2-1-5-22-11/h1-2,5-7H,3-4,8H2,(H,18,21). The van der Waals surface area contributed by atoms with Crippen LogP contribution in [0.4, 0.5) is 18.9 Å². The van der Waals surface area contributed by atoms with Crippen molar-refractivity contribution in [2.24, 2.45) is 0 Å². The highest BCUT2D eigenvalue weighted by Crippen LogP contribution is 2.18. The minimum absolute atomic E-state index is 0.0405. The zero-order valence-electron chi connectivity index (χ0n) is 11.3. The molecule has 2 rings (SSSR count). The number of Topliss-reactive ketones (excluding diaryl/α,β-unsaturated/α-hetero) is 1. The number of alkyl halides is 3. The summed E-state index contributed by atoms with van der Waals surface area (Å²) in [4.78, 5) is 23.9. The maximum atomic E-state index is 12.2. The van der Waals surface area contributed by atoms with Gasteiger partial charge in [-0.25, -0.2) is 0 Å². The van der Waals surface area contributed by atoms with E-state index in [1.807, 2.05) is 0 Å². The number of hydrogen-bond donors (Lipinski definition) is 1. The molecular weight excluding hydrogens is 319 g/mol. The second-order valence-electron chi connectivity index (χ2n) is 4.49.